The van der Waals surface area contributed by atoms with Crippen molar-refractivity contribution in [3.05, 3.63) is 34.1 Å². The summed E-state index contributed by atoms with van der Waals surface area (Å²) >= 11 is 5.57. The minimum atomic E-state index is -5.06. The highest BCUT2D eigenvalue weighted by molar-refractivity contribution is 6.58. The monoisotopic (exact) mass is 225 g/mol. The van der Waals surface area contributed by atoms with Crippen LogP contribution in [0, 0.1) is 12.7 Å². The van der Waals surface area contributed by atoms with Gasteiger partial charge >= 0.3 is 6.98 Å². The van der Waals surface area contributed by atoms with Crippen molar-refractivity contribution in [3.8, 4) is 0 Å². The van der Waals surface area contributed by atoms with Crippen LogP contribution >= 0.6 is 11.6 Å². The molecular formula is C8H7BClF4-. The lowest BCUT2D eigenvalue weighted by atomic mass is 9.81. The Morgan fingerprint density at radius 3 is 2.36 bits per heavy atom. The highest BCUT2D eigenvalue weighted by Gasteiger charge is 2.26. The summed E-state index contributed by atoms with van der Waals surface area (Å²) in [4.78, 5) is 0. The standard InChI is InChI=1S/C8H7BClF4/c1-5-2-3-7(11)6(8(5)10)4-9(12,13)14/h2-3H,4H2,1H3/q-1. The predicted octanol–water partition coefficient (Wildman–Crippen LogP) is 3.72. The minimum Gasteiger partial charge on any atom is -0.449 e. The molecule has 14 heavy (non-hydrogen) atoms. The summed E-state index contributed by atoms with van der Waals surface area (Å²) in [6.07, 6.45) is -1.27. The van der Waals surface area contributed by atoms with Crippen molar-refractivity contribution in [2.24, 2.45) is 0 Å². The lowest BCUT2D eigenvalue weighted by molar-refractivity contribution is 0.464. The summed E-state index contributed by atoms with van der Waals surface area (Å²) in [5.41, 5.74) is -0.0118. The maximum atomic E-state index is 13.0. The summed E-state index contributed by atoms with van der Waals surface area (Å²) in [6, 6.07) is 2.35. The summed E-state index contributed by atoms with van der Waals surface area (Å²) in [6.45, 7) is -3.52. The minimum absolute atomic E-state index is 0.135. The first kappa shape index (κ1) is 11.4. The third-order valence-corrected chi connectivity index (χ3v) is 2.34. The molecule has 0 heterocycles. The Bertz CT molecular complexity index is 348. The van der Waals surface area contributed by atoms with Crippen molar-refractivity contribution < 1.29 is 17.3 Å². The van der Waals surface area contributed by atoms with Gasteiger partial charge in [0.1, 0.15) is 5.82 Å². The molecule has 78 valence electrons. The van der Waals surface area contributed by atoms with Gasteiger partial charge in [0.2, 0.25) is 0 Å². The van der Waals surface area contributed by atoms with Crippen LogP contribution in [0.5, 0.6) is 0 Å². The predicted molar refractivity (Wildman–Crippen MR) is 48.9 cm³/mol. The number of hydrogen-bond acceptors (Lipinski definition) is 0. The van der Waals surface area contributed by atoms with Crippen molar-refractivity contribution in [3.63, 3.8) is 0 Å². The molecule has 1 aromatic rings. The van der Waals surface area contributed by atoms with Gasteiger partial charge in [0.05, 0.1) is 0 Å². The van der Waals surface area contributed by atoms with E-state index in [1.54, 1.807) is 0 Å². The molecule has 0 saturated heterocycles. The van der Waals surface area contributed by atoms with Gasteiger partial charge in [0.15, 0.2) is 0 Å². The van der Waals surface area contributed by atoms with Crippen LogP contribution in [0.2, 0.25) is 5.02 Å². The molecule has 0 saturated carbocycles. The molecule has 0 aliphatic carbocycles. The van der Waals surface area contributed by atoms with Crippen LogP contribution in [0.4, 0.5) is 17.3 Å². The van der Waals surface area contributed by atoms with Crippen LogP contribution in [0.25, 0.3) is 0 Å². The van der Waals surface area contributed by atoms with Crippen LogP contribution in [0.3, 0.4) is 0 Å². The van der Waals surface area contributed by atoms with Crippen LogP contribution in [-0.2, 0) is 6.32 Å². The van der Waals surface area contributed by atoms with Gasteiger partial charge in [-0.1, -0.05) is 24.0 Å². The van der Waals surface area contributed by atoms with Crippen LogP contribution in [-0.4, -0.2) is 6.98 Å². The normalized spacial score (nSPS) is 11.9. The highest BCUT2D eigenvalue weighted by atomic mass is 35.5. The maximum Gasteiger partial charge on any atom is 0.482 e. The van der Waals surface area contributed by atoms with Gasteiger partial charge in [0, 0.05) is 5.02 Å². The van der Waals surface area contributed by atoms with E-state index in [1.807, 2.05) is 0 Å². The molecule has 0 aromatic heterocycles. The Balaban J connectivity index is 3.13. The topological polar surface area (TPSA) is 0 Å². The fourth-order valence-electron chi connectivity index (χ4n) is 1.13. The average molecular weight is 225 g/mol. The fraction of sp³-hybridized carbons (Fsp3) is 0.250. The number of aryl methyl sites for hydroxylation is 1. The Morgan fingerprint density at radius 1 is 1.29 bits per heavy atom. The molecule has 0 amide bonds. The first-order chi connectivity index (χ1) is 6.31. The second kappa shape index (κ2) is 3.81. The van der Waals surface area contributed by atoms with E-state index in [0.29, 0.717) is 5.56 Å². The molecule has 0 bridgehead atoms. The van der Waals surface area contributed by atoms with Gasteiger partial charge in [-0.05, 0) is 24.1 Å². The van der Waals surface area contributed by atoms with Gasteiger partial charge in [0.25, 0.3) is 0 Å². The van der Waals surface area contributed by atoms with Gasteiger partial charge in [-0.2, -0.15) is 0 Å². The smallest absolute Gasteiger partial charge is 0.449 e. The molecule has 1 aromatic carbocycles. The van der Waals surface area contributed by atoms with Gasteiger partial charge in [-0.15, -0.1) is 0 Å². The van der Waals surface area contributed by atoms with Gasteiger partial charge in [-0.25, -0.2) is 4.39 Å². The lowest BCUT2D eigenvalue weighted by Gasteiger charge is -2.16. The molecule has 6 heteroatoms. The molecule has 0 unspecified atom stereocenters. The van der Waals surface area contributed by atoms with Crippen LogP contribution < -0.4 is 0 Å². The van der Waals surface area contributed by atoms with E-state index in [2.05, 4.69) is 0 Å². The van der Waals surface area contributed by atoms with E-state index in [-0.39, 0.29) is 5.02 Å². The summed E-state index contributed by atoms with van der Waals surface area (Å²) in [7, 11) is 0. The third-order valence-electron chi connectivity index (χ3n) is 1.81. The second-order valence-electron chi connectivity index (χ2n) is 3.07. The van der Waals surface area contributed by atoms with E-state index in [0.717, 1.165) is 6.07 Å². The molecular weight excluding hydrogens is 218 g/mol. The summed E-state index contributed by atoms with van der Waals surface area (Å²) < 4.78 is 49.2. The van der Waals surface area contributed by atoms with Crippen molar-refractivity contribution in [1.82, 2.24) is 0 Å². The van der Waals surface area contributed by atoms with E-state index in [1.165, 1.54) is 13.0 Å². The van der Waals surface area contributed by atoms with E-state index >= 15 is 0 Å². The number of benzene rings is 1. The first-order valence-electron chi connectivity index (χ1n) is 3.96. The summed E-state index contributed by atoms with van der Waals surface area (Å²) in [5.74, 6) is -0.903. The molecule has 0 aliphatic rings. The van der Waals surface area contributed by atoms with Crippen LogP contribution in [0.15, 0.2) is 12.1 Å². The number of hydrogen-bond donors (Lipinski definition) is 0. The largest absolute Gasteiger partial charge is 0.482 e. The molecule has 0 spiro atoms. The Morgan fingerprint density at radius 2 is 1.86 bits per heavy atom. The van der Waals surface area contributed by atoms with E-state index in [9.17, 15) is 17.3 Å². The zero-order valence-electron chi connectivity index (χ0n) is 7.33. The number of rotatable bonds is 2. The molecule has 0 fully saturated rings. The highest BCUT2D eigenvalue weighted by Crippen LogP contribution is 2.27. The Kier molecular flexibility index (Phi) is 3.09. The zero-order chi connectivity index (χ0) is 10.9. The quantitative estimate of drug-likeness (QED) is 0.531. The van der Waals surface area contributed by atoms with Crippen molar-refractivity contribution in [2.45, 2.75) is 13.2 Å². The molecule has 0 aliphatic heterocycles. The van der Waals surface area contributed by atoms with Crippen molar-refractivity contribution in [2.75, 3.05) is 0 Å². The molecule has 0 N–H and O–H groups in total. The first-order valence-corrected chi connectivity index (χ1v) is 4.33. The molecule has 0 nitrogen and oxygen atoms in total. The average Bonchev–Trinajstić information content (AvgIpc) is 2.04. The van der Waals surface area contributed by atoms with Crippen molar-refractivity contribution >= 4 is 18.6 Å². The second-order valence-corrected chi connectivity index (χ2v) is 3.45. The third kappa shape index (κ3) is 2.64. The Labute approximate surface area is 83.9 Å². The maximum absolute atomic E-state index is 13.0. The van der Waals surface area contributed by atoms with Crippen molar-refractivity contribution in [1.29, 1.82) is 0 Å². The zero-order valence-corrected chi connectivity index (χ0v) is 8.08. The Hall–Kier alpha value is -0.705. The SMILES string of the molecule is Cc1ccc(F)c(C[B-](F)(F)F)c1Cl. The fourth-order valence-corrected chi connectivity index (χ4v) is 1.36. The van der Waals surface area contributed by atoms with Gasteiger partial charge in [-0.3, -0.25) is 0 Å². The van der Waals surface area contributed by atoms with E-state index < -0.39 is 24.7 Å². The molecule has 0 atom stereocenters. The number of halogens is 5. The summed E-state index contributed by atoms with van der Waals surface area (Å²) in [5, 5.41) is -0.135. The van der Waals surface area contributed by atoms with Gasteiger partial charge < -0.3 is 12.9 Å². The molecule has 0 radical (unpaired) electrons. The van der Waals surface area contributed by atoms with Crippen LogP contribution in [0.1, 0.15) is 11.1 Å². The van der Waals surface area contributed by atoms with E-state index in [4.69, 9.17) is 11.6 Å². The lowest BCUT2D eigenvalue weighted by Crippen LogP contribution is -2.20. The molecule has 1 rings (SSSR count).